The normalized spacial score (nSPS) is 14.6. The van der Waals surface area contributed by atoms with E-state index in [1.165, 1.54) is 4.90 Å². The summed E-state index contributed by atoms with van der Waals surface area (Å²) in [6.07, 6.45) is 1.70. The summed E-state index contributed by atoms with van der Waals surface area (Å²) in [6, 6.07) is 26.9. The van der Waals surface area contributed by atoms with Gasteiger partial charge in [0, 0.05) is 5.02 Å². The molecule has 5 rings (SSSR count). The van der Waals surface area contributed by atoms with Crippen molar-refractivity contribution in [3.8, 4) is 11.5 Å². The van der Waals surface area contributed by atoms with Crippen LogP contribution in [-0.2, 0) is 17.9 Å². The lowest BCUT2D eigenvalue weighted by atomic mass is 10.1. The average Bonchev–Trinajstić information content (AvgIpc) is 3.16. The zero-order chi connectivity index (χ0) is 25.1. The molecule has 1 saturated heterocycles. The molecule has 1 fully saturated rings. The predicted octanol–water partition coefficient (Wildman–Crippen LogP) is 7.32. The Bertz CT molecular complexity index is 1490. The number of carbonyl (C=O) groups is 2. The number of benzene rings is 4. The summed E-state index contributed by atoms with van der Waals surface area (Å²) in [5.41, 5.74) is 2.50. The molecule has 1 heterocycles. The quantitative estimate of drug-likeness (QED) is 0.241. The number of thioether (sulfide) groups is 1. The Balaban J connectivity index is 1.37. The van der Waals surface area contributed by atoms with Crippen molar-refractivity contribution in [3.63, 3.8) is 0 Å². The zero-order valence-electron chi connectivity index (χ0n) is 19.4. The smallest absolute Gasteiger partial charge is 0.293 e. The van der Waals surface area contributed by atoms with Crippen LogP contribution in [0.15, 0.2) is 89.8 Å². The lowest BCUT2D eigenvalue weighted by Gasteiger charge is -2.14. The van der Waals surface area contributed by atoms with E-state index in [0.717, 1.165) is 39.2 Å². The van der Waals surface area contributed by atoms with Gasteiger partial charge in [0.25, 0.3) is 11.1 Å². The molecule has 0 aromatic heterocycles. The first kappa shape index (κ1) is 24.0. The minimum atomic E-state index is -0.348. The summed E-state index contributed by atoms with van der Waals surface area (Å²) in [7, 11) is 1.58. The van der Waals surface area contributed by atoms with Crippen LogP contribution in [0.3, 0.4) is 0 Å². The van der Waals surface area contributed by atoms with Crippen molar-refractivity contribution in [2.75, 3.05) is 7.11 Å². The SMILES string of the molecule is COc1ccc(/C=C2\SC(=O)N(Cc3ccccc3Cl)C2=O)cc1OCc1cccc2ccccc12. The lowest BCUT2D eigenvalue weighted by Crippen LogP contribution is -2.27. The summed E-state index contributed by atoms with van der Waals surface area (Å²) >= 11 is 7.13. The molecule has 0 bridgehead atoms. The van der Waals surface area contributed by atoms with Gasteiger partial charge in [0.05, 0.1) is 18.6 Å². The maximum atomic E-state index is 13.0. The number of methoxy groups -OCH3 is 1. The molecule has 4 aromatic carbocycles. The number of halogens is 1. The third kappa shape index (κ3) is 4.96. The van der Waals surface area contributed by atoms with Gasteiger partial charge in [-0.25, -0.2) is 0 Å². The topological polar surface area (TPSA) is 55.8 Å². The van der Waals surface area contributed by atoms with Gasteiger partial charge in [-0.3, -0.25) is 14.5 Å². The van der Waals surface area contributed by atoms with E-state index in [0.29, 0.717) is 28.0 Å². The number of rotatable bonds is 7. The highest BCUT2D eigenvalue weighted by atomic mass is 35.5. The van der Waals surface area contributed by atoms with Crippen molar-refractivity contribution in [1.82, 2.24) is 4.90 Å². The minimum Gasteiger partial charge on any atom is -0.493 e. The van der Waals surface area contributed by atoms with E-state index < -0.39 is 0 Å². The number of hydrogen-bond acceptors (Lipinski definition) is 5. The molecule has 2 amide bonds. The summed E-state index contributed by atoms with van der Waals surface area (Å²) in [4.78, 5) is 27.1. The van der Waals surface area contributed by atoms with Crippen LogP contribution in [0.4, 0.5) is 4.79 Å². The van der Waals surface area contributed by atoms with E-state index in [4.69, 9.17) is 21.1 Å². The average molecular weight is 516 g/mol. The zero-order valence-corrected chi connectivity index (χ0v) is 21.0. The molecule has 0 atom stereocenters. The van der Waals surface area contributed by atoms with Gasteiger partial charge in [-0.15, -0.1) is 0 Å². The summed E-state index contributed by atoms with van der Waals surface area (Å²) in [5, 5.41) is 2.46. The fourth-order valence-corrected chi connectivity index (χ4v) is 5.09. The first-order valence-electron chi connectivity index (χ1n) is 11.3. The number of imide groups is 1. The first-order chi connectivity index (χ1) is 17.5. The number of hydrogen-bond donors (Lipinski definition) is 0. The Morgan fingerprint density at radius 2 is 1.64 bits per heavy atom. The third-order valence-electron chi connectivity index (χ3n) is 5.91. The molecule has 0 aliphatic carbocycles. The van der Waals surface area contributed by atoms with Crippen LogP contribution < -0.4 is 9.47 Å². The van der Waals surface area contributed by atoms with Gasteiger partial charge in [0.15, 0.2) is 11.5 Å². The van der Waals surface area contributed by atoms with E-state index in [2.05, 4.69) is 18.2 Å². The monoisotopic (exact) mass is 515 g/mol. The lowest BCUT2D eigenvalue weighted by molar-refractivity contribution is -0.123. The van der Waals surface area contributed by atoms with E-state index in [9.17, 15) is 9.59 Å². The molecule has 0 saturated carbocycles. The van der Waals surface area contributed by atoms with Crippen LogP contribution >= 0.6 is 23.4 Å². The molecule has 0 N–H and O–H groups in total. The maximum Gasteiger partial charge on any atom is 0.293 e. The van der Waals surface area contributed by atoms with Gasteiger partial charge in [-0.1, -0.05) is 78.3 Å². The van der Waals surface area contributed by atoms with Crippen molar-refractivity contribution in [2.45, 2.75) is 13.2 Å². The Kier molecular flexibility index (Phi) is 6.98. The number of ether oxygens (including phenoxy) is 2. The Morgan fingerprint density at radius 1 is 0.889 bits per heavy atom. The van der Waals surface area contributed by atoms with Crippen molar-refractivity contribution in [2.24, 2.45) is 0 Å². The minimum absolute atomic E-state index is 0.129. The number of amides is 2. The van der Waals surface area contributed by atoms with Crippen LogP contribution in [-0.4, -0.2) is 23.2 Å². The van der Waals surface area contributed by atoms with Gasteiger partial charge in [-0.05, 0) is 63.5 Å². The maximum absolute atomic E-state index is 13.0. The third-order valence-corrected chi connectivity index (χ3v) is 7.18. The van der Waals surface area contributed by atoms with Crippen molar-refractivity contribution in [3.05, 3.63) is 112 Å². The number of carbonyl (C=O) groups excluding carboxylic acids is 2. The first-order valence-corrected chi connectivity index (χ1v) is 12.5. The van der Waals surface area contributed by atoms with E-state index in [-0.39, 0.29) is 17.7 Å². The highest BCUT2D eigenvalue weighted by molar-refractivity contribution is 8.18. The molecular weight excluding hydrogens is 494 g/mol. The van der Waals surface area contributed by atoms with Crippen molar-refractivity contribution in [1.29, 1.82) is 0 Å². The largest absolute Gasteiger partial charge is 0.493 e. The molecule has 4 aromatic rings. The van der Waals surface area contributed by atoms with Gasteiger partial charge >= 0.3 is 0 Å². The molecule has 5 nitrogen and oxygen atoms in total. The number of nitrogens with zero attached hydrogens (tertiary/aromatic N) is 1. The Hall–Kier alpha value is -3.74. The van der Waals surface area contributed by atoms with Crippen molar-refractivity contribution >= 4 is 51.4 Å². The highest BCUT2D eigenvalue weighted by Gasteiger charge is 2.35. The van der Waals surface area contributed by atoms with Gasteiger partial charge < -0.3 is 9.47 Å². The molecule has 1 aliphatic rings. The molecule has 0 unspecified atom stereocenters. The van der Waals surface area contributed by atoms with Crippen molar-refractivity contribution < 1.29 is 19.1 Å². The van der Waals surface area contributed by atoms with Crippen LogP contribution in [0.5, 0.6) is 11.5 Å². The molecule has 0 radical (unpaired) electrons. The van der Waals surface area contributed by atoms with E-state index in [1.54, 1.807) is 31.4 Å². The fraction of sp³-hybridized carbons (Fsp3) is 0.103. The molecule has 0 spiro atoms. The second-order valence-electron chi connectivity index (χ2n) is 8.20. The van der Waals surface area contributed by atoms with E-state index in [1.807, 2.05) is 48.5 Å². The second kappa shape index (κ2) is 10.5. The van der Waals surface area contributed by atoms with Crippen LogP contribution in [0.2, 0.25) is 5.02 Å². The van der Waals surface area contributed by atoms with Gasteiger partial charge in [-0.2, -0.15) is 0 Å². The Morgan fingerprint density at radius 3 is 2.47 bits per heavy atom. The fourth-order valence-electron chi connectivity index (χ4n) is 4.05. The predicted molar refractivity (Wildman–Crippen MR) is 144 cm³/mol. The van der Waals surface area contributed by atoms with E-state index >= 15 is 0 Å². The summed E-state index contributed by atoms with van der Waals surface area (Å²) in [5.74, 6) is 0.785. The molecule has 36 heavy (non-hydrogen) atoms. The highest BCUT2D eigenvalue weighted by Crippen LogP contribution is 2.36. The van der Waals surface area contributed by atoms with Crippen LogP contribution in [0.25, 0.3) is 16.8 Å². The van der Waals surface area contributed by atoms with Crippen LogP contribution in [0, 0.1) is 0 Å². The molecule has 180 valence electrons. The Labute approximate surface area is 218 Å². The van der Waals surface area contributed by atoms with Gasteiger partial charge in [0.1, 0.15) is 6.61 Å². The molecule has 7 heteroatoms. The second-order valence-corrected chi connectivity index (χ2v) is 9.60. The number of fused-ring (bicyclic) bond motifs is 1. The molecule has 1 aliphatic heterocycles. The standard InChI is InChI=1S/C29H22ClNO4S/c1-34-25-14-13-19(15-26(25)35-18-22-10-6-9-20-7-2-4-11-23(20)22)16-27-28(32)31(29(33)36-27)17-21-8-3-5-12-24(21)30/h2-16H,17-18H2,1H3/b27-16-. The summed E-state index contributed by atoms with van der Waals surface area (Å²) < 4.78 is 11.6. The molecular formula is C29H22ClNO4S. The van der Waals surface area contributed by atoms with Crippen LogP contribution in [0.1, 0.15) is 16.7 Å². The van der Waals surface area contributed by atoms with Gasteiger partial charge in [0.2, 0.25) is 0 Å². The summed E-state index contributed by atoms with van der Waals surface area (Å²) in [6.45, 7) is 0.485.